The molecule has 0 atom stereocenters. The molecule has 0 saturated heterocycles. The molecule has 0 radical (unpaired) electrons. The zero-order valence-corrected chi connectivity index (χ0v) is 8.54. The van der Waals surface area contributed by atoms with E-state index in [1.165, 1.54) is 21.6 Å². The molecule has 0 aromatic carbocycles. The van der Waals surface area contributed by atoms with E-state index in [-0.39, 0.29) is 17.9 Å². The van der Waals surface area contributed by atoms with Crippen LogP contribution in [0.25, 0.3) is 5.65 Å². The Hall–Kier alpha value is -2.22. The molecule has 8 heteroatoms. The van der Waals surface area contributed by atoms with E-state index in [9.17, 15) is 9.90 Å². The number of amides is 1. The Labute approximate surface area is 90.3 Å². The van der Waals surface area contributed by atoms with Gasteiger partial charge in [0.05, 0.1) is 5.69 Å². The first-order valence-electron chi connectivity index (χ1n) is 4.53. The molecule has 2 rings (SSSR count). The Balaban J connectivity index is 2.52. The van der Waals surface area contributed by atoms with Gasteiger partial charge in [0.2, 0.25) is 0 Å². The van der Waals surface area contributed by atoms with Gasteiger partial charge in [-0.3, -0.25) is 10.2 Å². The van der Waals surface area contributed by atoms with Crippen LogP contribution in [0.4, 0.5) is 0 Å². The van der Waals surface area contributed by atoms with Crippen molar-refractivity contribution >= 4 is 11.6 Å². The van der Waals surface area contributed by atoms with Crippen LogP contribution in [0.3, 0.4) is 0 Å². The monoisotopic (exact) mass is 222 g/mol. The highest BCUT2D eigenvalue weighted by atomic mass is 16.3. The largest absolute Gasteiger partial charge is 0.867 e. The van der Waals surface area contributed by atoms with Gasteiger partial charge in [-0.15, -0.1) is 4.68 Å². The molecule has 0 fully saturated rings. The summed E-state index contributed by atoms with van der Waals surface area (Å²) in [5, 5.41) is 19.6. The summed E-state index contributed by atoms with van der Waals surface area (Å²) in [5.41, 5.74) is 2.79. The predicted molar refractivity (Wildman–Crippen MR) is 49.7 cm³/mol. The van der Waals surface area contributed by atoms with Gasteiger partial charge in [-0.2, -0.15) is 0 Å². The minimum atomic E-state index is -0.439. The van der Waals surface area contributed by atoms with Crippen LogP contribution in [0.15, 0.2) is 12.4 Å². The summed E-state index contributed by atoms with van der Waals surface area (Å²) in [6.45, 7) is 1.59. The van der Waals surface area contributed by atoms with Crippen LogP contribution in [0.2, 0.25) is 0 Å². The van der Waals surface area contributed by atoms with Gasteiger partial charge in [0.1, 0.15) is 0 Å². The second-order valence-electron chi connectivity index (χ2n) is 3.27. The van der Waals surface area contributed by atoms with E-state index in [4.69, 9.17) is 5.84 Å². The number of hydrogen-bond donors (Lipinski definition) is 2. The number of rotatable bonds is 2. The molecule has 2 aromatic rings. The van der Waals surface area contributed by atoms with Crippen LogP contribution in [-0.2, 0) is 11.3 Å². The molecule has 2 aromatic heterocycles. The minimum Gasteiger partial charge on any atom is -0.867 e. The summed E-state index contributed by atoms with van der Waals surface area (Å²) in [5.74, 6) is 4.27. The molecule has 0 aliphatic carbocycles. The summed E-state index contributed by atoms with van der Waals surface area (Å²) in [4.78, 5) is 11.1. The van der Waals surface area contributed by atoms with Crippen LogP contribution in [-0.4, -0.2) is 20.6 Å². The molecule has 0 unspecified atom stereocenters. The highest BCUT2D eigenvalue weighted by Crippen LogP contribution is 2.10. The molecule has 0 spiro atoms. The summed E-state index contributed by atoms with van der Waals surface area (Å²) < 4.78 is 2.58. The van der Waals surface area contributed by atoms with Crippen LogP contribution in [0, 0.1) is 6.92 Å². The zero-order valence-electron chi connectivity index (χ0n) is 8.54. The molecule has 84 valence electrons. The van der Waals surface area contributed by atoms with Gasteiger partial charge >= 0.3 is 5.65 Å². The van der Waals surface area contributed by atoms with Gasteiger partial charge in [0.15, 0.2) is 6.54 Å². The van der Waals surface area contributed by atoms with Crippen molar-refractivity contribution in [1.29, 1.82) is 0 Å². The maximum Gasteiger partial charge on any atom is 0.321 e. The highest BCUT2D eigenvalue weighted by Gasteiger charge is 2.16. The fourth-order valence-electron chi connectivity index (χ4n) is 1.40. The maximum absolute atomic E-state index is 11.7. The number of nitrogens with one attached hydrogen (secondary N) is 1. The number of aromatic nitrogens is 4. The summed E-state index contributed by atoms with van der Waals surface area (Å²) in [6.07, 6.45) is 1.37. The van der Waals surface area contributed by atoms with Crippen LogP contribution >= 0.6 is 0 Å². The lowest BCUT2D eigenvalue weighted by Crippen LogP contribution is -2.46. The number of aryl methyl sites for hydroxylation is 1. The van der Waals surface area contributed by atoms with Gasteiger partial charge in [-0.05, 0) is 23.8 Å². The lowest BCUT2D eigenvalue weighted by molar-refractivity contribution is -0.717. The molecule has 1 amide bonds. The number of hydrazine groups is 1. The van der Waals surface area contributed by atoms with E-state index < -0.39 is 5.91 Å². The number of nitrogens with zero attached hydrogens (tertiary/aromatic N) is 4. The smallest absolute Gasteiger partial charge is 0.321 e. The zero-order chi connectivity index (χ0) is 11.7. The second-order valence-corrected chi connectivity index (χ2v) is 3.27. The lowest BCUT2D eigenvalue weighted by atomic mass is 10.4. The molecule has 0 saturated carbocycles. The van der Waals surface area contributed by atoms with Gasteiger partial charge < -0.3 is 5.11 Å². The Morgan fingerprint density at radius 2 is 2.50 bits per heavy atom. The van der Waals surface area contributed by atoms with Crippen LogP contribution < -0.4 is 21.1 Å². The molecule has 2 heterocycles. The third kappa shape index (κ3) is 1.65. The standard InChI is InChI=1S/C8H10N6O2/c1-5-2-6(15)8-13(3-7(16)11-9)10-4-14(8)12-5/h2,4,9,12,15H,3H2,1H3. The summed E-state index contributed by atoms with van der Waals surface area (Å²) >= 11 is 0. The van der Waals surface area contributed by atoms with Crippen LogP contribution in [0.1, 0.15) is 5.69 Å². The number of carbonyl (C=O) groups is 1. The Morgan fingerprint density at radius 1 is 1.75 bits per heavy atom. The first-order chi connectivity index (χ1) is 7.61. The van der Waals surface area contributed by atoms with Crippen molar-refractivity contribution in [3.05, 3.63) is 18.1 Å². The van der Waals surface area contributed by atoms with Crippen molar-refractivity contribution in [3.8, 4) is 5.75 Å². The molecule has 3 N–H and O–H groups in total. The molecule has 0 bridgehead atoms. The summed E-state index contributed by atoms with van der Waals surface area (Å²) in [7, 11) is 0. The second kappa shape index (κ2) is 3.74. The van der Waals surface area contributed by atoms with Crippen molar-refractivity contribution < 1.29 is 14.6 Å². The third-order valence-electron chi connectivity index (χ3n) is 2.04. The predicted octanol–water partition coefficient (Wildman–Crippen LogP) is -2.61. The number of carbonyl (C=O) groups excluding carboxylic acids is 1. The molecule has 16 heavy (non-hydrogen) atoms. The molecule has 8 nitrogen and oxygen atoms in total. The number of fused-ring (bicyclic) bond motifs is 1. The SMILES string of the molecule is Cc1cc([O-])c2n(cn[n+]2CC(=O)NN)n1. The minimum absolute atomic E-state index is 0.118. The maximum atomic E-state index is 11.7. The van der Waals surface area contributed by atoms with Crippen molar-refractivity contribution in [2.75, 3.05) is 0 Å². The van der Waals surface area contributed by atoms with E-state index in [1.54, 1.807) is 6.92 Å². The molecular formula is C8H10N6O2. The third-order valence-corrected chi connectivity index (χ3v) is 2.04. The Morgan fingerprint density at radius 3 is 3.19 bits per heavy atom. The van der Waals surface area contributed by atoms with Gasteiger partial charge in [-0.1, -0.05) is 9.61 Å². The van der Waals surface area contributed by atoms with Gasteiger partial charge in [0, 0.05) is 0 Å². The fourth-order valence-corrected chi connectivity index (χ4v) is 1.40. The van der Waals surface area contributed by atoms with Crippen molar-refractivity contribution in [3.63, 3.8) is 0 Å². The van der Waals surface area contributed by atoms with E-state index in [0.29, 0.717) is 5.69 Å². The molecular weight excluding hydrogens is 212 g/mol. The van der Waals surface area contributed by atoms with Crippen molar-refractivity contribution in [2.24, 2.45) is 5.84 Å². The molecule has 0 aliphatic heterocycles. The van der Waals surface area contributed by atoms with E-state index in [2.05, 4.69) is 10.2 Å². The first kappa shape index (κ1) is 10.3. The highest BCUT2D eigenvalue weighted by molar-refractivity contribution is 5.73. The van der Waals surface area contributed by atoms with Crippen molar-refractivity contribution in [2.45, 2.75) is 13.5 Å². The number of hydrogen-bond acceptors (Lipinski definition) is 5. The Bertz CT molecular complexity index is 549. The summed E-state index contributed by atoms with van der Waals surface area (Å²) in [6, 6.07) is 1.38. The van der Waals surface area contributed by atoms with Gasteiger partial charge in [0.25, 0.3) is 12.2 Å². The first-order valence-corrected chi connectivity index (χ1v) is 4.53. The van der Waals surface area contributed by atoms with Crippen molar-refractivity contribution in [1.82, 2.24) is 20.1 Å². The number of nitrogens with two attached hydrogens (primary N) is 1. The Kier molecular flexibility index (Phi) is 2.41. The average Bonchev–Trinajstić information content (AvgIpc) is 2.61. The fraction of sp³-hybridized carbons (Fsp3) is 0.250. The van der Waals surface area contributed by atoms with E-state index in [0.717, 1.165) is 0 Å². The quantitative estimate of drug-likeness (QED) is 0.250. The van der Waals surface area contributed by atoms with E-state index in [1.807, 2.05) is 5.43 Å². The molecule has 0 aliphatic rings. The lowest BCUT2D eigenvalue weighted by Gasteiger charge is -2.03. The van der Waals surface area contributed by atoms with E-state index >= 15 is 0 Å². The normalized spacial score (nSPS) is 10.6. The topological polar surface area (TPSA) is 112 Å². The average molecular weight is 222 g/mol. The van der Waals surface area contributed by atoms with Gasteiger partial charge in [-0.25, -0.2) is 5.84 Å². The van der Waals surface area contributed by atoms with Crippen LogP contribution in [0.5, 0.6) is 5.75 Å².